The van der Waals surface area contributed by atoms with Crippen molar-refractivity contribution in [2.45, 2.75) is 51.7 Å². The fourth-order valence-electron chi connectivity index (χ4n) is 4.08. The van der Waals surface area contributed by atoms with Gasteiger partial charge >= 0.3 is 0 Å². The zero-order valence-electron chi connectivity index (χ0n) is 13.9. The molecule has 3 rings (SSSR count). The first kappa shape index (κ1) is 14.9. The van der Waals surface area contributed by atoms with Gasteiger partial charge in [-0.1, -0.05) is 6.42 Å². The van der Waals surface area contributed by atoms with E-state index in [0.717, 1.165) is 24.8 Å². The summed E-state index contributed by atoms with van der Waals surface area (Å²) in [7, 11) is 4.10. The van der Waals surface area contributed by atoms with Crippen molar-refractivity contribution in [3.63, 3.8) is 0 Å². The van der Waals surface area contributed by atoms with E-state index in [1.165, 1.54) is 43.7 Å². The van der Waals surface area contributed by atoms with Crippen LogP contribution in [0.5, 0.6) is 0 Å². The number of anilines is 1. The van der Waals surface area contributed by atoms with Gasteiger partial charge in [-0.15, -0.1) is 0 Å². The second-order valence-corrected chi connectivity index (χ2v) is 6.69. The van der Waals surface area contributed by atoms with Crippen LogP contribution in [-0.4, -0.2) is 53.4 Å². The van der Waals surface area contributed by atoms with E-state index in [1.807, 2.05) is 7.05 Å². The Hall–Kier alpha value is -1.07. The Morgan fingerprint density at radius 3 is 2.86 bits per heavy atom. The van der Waals surface area contributed by atoms with E-state index < -0.39 is 0 Å². The SMILES string of the molecule is CNCc1c(C)nn(C)c1N1CC2CCCCN2CC1C. The summed E-state index contributed by atoms with van der Waals surface area (Å²) in [4.78, 5) is 5.30. The molecule has 118 valence electrons. The van der Waals surface area contributed by atoms with Crippen LogP contribution in [0.2, 0.25) is 0 Å². The molecule has 0 saturated carbocycles. The van der Waals surface area contributed by atoms with Gasteiger partial charge in [-0.25, -0.2) is 0 Å². The minimum absolute atomic E-state index is 0.560. The standard InChI is InChI=1S/C16H29N5/c1-12-10-20-8-6-5-7-14(20)11-21(12)16-15(9-17-3)13(2)18-19(16)4/h12,14,17H,5-11H2,1-4H3. The van der Waals surface area contributed by atoms with Crippen LogP contribution in [0.3, 0.4) is 0 Å². The molecule has 2 atom stereocenters. The first-order valence-electron chi connectivity index (χ1n) is 8.29. The fourth-order valence-corrected chi connectivity index (χ4v) is 4.08. The molecule has 0 aliphatic carbocycles. The lowest BCUT2D eigenvalue weighted by molar-refractivity contribution is 0.115. The van der Waals surface area contributed by atoms with E-state index in [0.29, 0.717) is 6.04 Å². The quantitative estimate of drug-likeness (QED) is 0.916. The maximum Gasteiger partial charge on any atom is 0.131 e. The molecule has 2 saturated heterocycles. The number of aromatic nitrogens is 2. The van der Waals surface area contributed by atoms with Crippen LogP contribution in [0.4, 0.5) is 5.82 Å². The van der Waals surface area contributed by atoms with E-state index in [2.05, 4.69) is 45.8 Å². The van der Waals surface area contributed by atoms with E-state index in [9.17, 15) is 0 Å². The van der Waals surface area contributed by atoms with Crippen LogP contribution >= 0.6 is 0 Å². The van der Waals surface area contributed by atoms with Crippen molar-refractivity contribution in [1.82, 2.24) is 20.0 Å². The number of rotatable bonds is 3. The summed E-state index contributed by atoms with van der Waals surface area (Å²) in [5, 5.41) is 7.96. The monoisotopic (exact) mass is 291 g/mol. The minimum Gasteiger partial charge on any atom is -0.351 e. The molecule has 0 spiro atoms. The second kappa shape index (κ2) is 5.97. The van der Waals surface area contributed by atoms with Gasteiger partial charge in [0.1, 0.15) is 5.82 Å². The number of piperazine rings is 1. The third kappa shape index (κ3) is 2.69. The number of nitrogens with zero attached hydrogens (tertiary/aromatic N) is 4. The maximum atomic E-state index is 4.66. The summed E-state index contributed by atoms with van der Waals surface area (Å²) in [6.45, 7) is 9.00. The minimum atomic E-state index is 0.560. The predicted octanol–water partition coefficient (Wildman–Crippen LogP) is 1.51. The molecule has 1 N–H and O–H groups in total. The summed E-state index contributed by atoms with van der Waals surface area (Å²) in [6, 6.07) is 1.29. The number of fused-ring (bicyclic) bond motifs is 1. The summed E-state index contributed by atoms with van der Waals surface area (Å²) in [6.07, 6.45) is 4.11. The van der Waals surface area contributed by atoms with Gasteiger partial charge in [0, 0.05) is 44.3 Å². The van der Waals surface area contributed by atoms with Gasteiger partial charge in [0.2, 0.25) is 0 Å². The molecule has 0 aromatic carbocycles. The molecule has 1 aromatic heterocycles. The van der Waals surface area contributed by atoms with Gasteiger partial charge in [-0.2, -0.15) is 5.10 Å². The van der Waals surface area contributed by atoms with Crippen LogP contribution < -0.4 is 10.2 Å². The second-order valence-electron chi connectivity index (χ2n) is 6.69. The van der Waals surface area contributed by atoms with E-state index in [1.54, 1.807) is 0 Å². The molecule has 0 amide bonds. The molecule has 5 heteroatoms. The number of aryl methyl sites for hydroxylation is 2. The Balaban J connectivity index is 1.89. The Bertz CT molecular complexity index is 495. The lowest BCUT2D eigenvalue weighted by atomic mass is 9.97. The van der Waals surface area contributed by atoms with Gasteiger partial charge in [0.05, 0.1) is 5.69 Å². The number of nitrogens with one attached hydrogen (secondary N) is 1. The lowest BCUT2D eigenvalue weighted by Gasteiger charge is -2.48. The maximum absolute atomic E-state index is 4.66. The summed E-state index contributed by atoms with van der Waals surface area (Å²) in [5.41, 5.74) is 2.51. The van der Waals surface area contributed by atoms with E-state index in [-0.39, 0.29) is 0 Å². The van der Waals surface area contributed by atoms with Crippen LogP contribution in [0.15, 0.2) is 0 Å². The number of hydrogen-bond donors (Lipinski definition) is 1. The van der Waals surface area contributed by atoms with E-state index in [4.69, 9.17) is 0 Å². The van der Waals surface area contributed by atoms with Crippen molar-refractivity contribution >= 4 is 5.82 Å². The van der Waals surface area contributed by atoms with Crippen LogP contribution in [-0.2, 0) is 13.6 Å². The average Bonchev–Trinajstić information content (AvgIpc) is 2.73. The molecule has 2 aliphatic heterocycles. The highest BCUT2D eigenvalue weighted by Crippen LogP contribution is 2.31. The molecule has 5 nitrogen and oxygen atoms in total. The first-order valence-corrected chi connectivity index (χ1v) is 8.29. The Morgan fingerprint density at radius 1 is 1.29 bits per heavy atom. The summed E-state index contributed by atoms with van der Waals surface area (Å²) >= 11 is 0. The van der Waals surface area contributed by atoms with E-state index >= 15 is 0 Å². The number of hydrogen-bond acceptors (Lipinski definition) is 4. The zero-order chi connectivity index (χ0) is 15.0. The molecule has 1 aromatic rings. The van der Waals surface area contributed by atoms with Gasteiger partial charge in [0.15, 0.2) is 0 Å². The number of piperidine rings is 1. The van der Waals surface area contributed by atoms with Crippen molar-refractivity contribution in [3.05, 3.63) is 11.3 Å². The van der Waals surface area contributed by atoms with Gasteiger partial charge < -0.3 is 10.2 Å². The predicted molar refractivity (Wildman–Crippen MR) is 86.7 cm³/mol. The molecule has 21 heavy (non-hydrogen) atoms. The highest BCUT2D eigenvalue weighted by atomic mass is 15.4. The van der Waals surface area contributed by atoms with Crippen LogP contribution in [0, 0.1) is 6.92 Å². The lowest BCUT2D eigenvalue weighted by Crippen LogP contribution is -2.59. The van der Waals surface area contributed by atoms with Crippen LogP contribution in [0.1, 0.15) is 37.4 Å². The third-order valence-corrected chi connectivity index (χ3v) is 5.13. The van der Waals surface area contributed by atoms with Crippen molar-refractivity contribution in [1.29, 1.82) is 0 Å². The zero-order valence-corrected chi connectivity index (χ0v) is 13.9. The molecule has 2 fully saturated rings. The average molecular weight is 291 g/mol. The van der Waals surface area contributed by atoms with Crippen molar-refractivity contribution in [3.8, 4) is 0 Å². The van der Waals surface area contributed by atoms with Gasteiger partial charge in [-0.05, 0) is 40.3 Å². The molecule has 0 radical (unpaired) electrons. The molecule has 3 heterocycles. The smallest absolute Gasteiger partial charge is 0.131 e. The Morgan fingerprint density at radius 2 is 2.10 bits per heavy atom. The largest absolute Gasteiger partial charge is 0.351 e. The van der Waals surface area contributed by atoms with Gasteiger partial charge in [-0.3, -0.25) is 9.58 Å². The molecular weight excluding hydrogens is 262 g/mol. The summed E-state index contributed by atoms with van der Waals surface area (Å²) < 4.78 is 2.08. The van der Waals surface area contributed by atoms with Crippen LogP contribution in [0.25, 0.3) is 0 Å². The summed E-state index contributed by atoms with van der Waals surface area (Å²) in [5.74, 6) is 1.32. The van der Waals surface area contributed by atoms with Gasteiger partial charge in [0.25, 0.3) is 0 Å². The van der Waals surface area contributed by atoms with Crippen molar-refractivity contribution in [2.24, 2.45) is 7.05 Å². The molecular formula is C16H29N5. The fraction of sp³-hybridized carbons (Fsp3) is 0.812. The normalized spacial score (nSPS) is 27.0. The Labute approximate surface area is 128 Å². The van der Waals surface area contributed by atoms with Crippen molar-refractivity contribution in [2.75, 3.05) is 31.6 Å². The highest BCUT2D eigenvalue weighted by Gasteiger charge is 2.35. The molecule has 2 unspecified atom stereocenters. The highest BCUT2D eigenvalue weighted by molar-refractivity contribution is 5.51. The first-order chi connectivity index (χ1) is 10.1. The van der Waals surface area contributed by atoms with Crippen molar-refractivity contribution < 1.29 is 0 Å². The topological polar surface area (TPSA) is 36.3 Å². The Kier molecular flexibility index (Phi) is 4.22. The molecule has 2 aliphatic rings. The molecule has 0 bridgehead atoms. The third-order valence-electron chi connectivity index (χ3n) is 5.13.